The van der Waals surface area contributed by atoms with Gasteiger partial charge in [0.15, 0.2) is 0 Å². The van der Waals surface area contributed by atoms with E-state index in [4.69, 9.17) is 0 Å². The zero-order valence-corrected chi connectivity index (χ0v) is 13.3. The van der Waals surface area contributed by atoms with Crippen LogP contribution in [0.5, 0.6) is 0 Å². The van der Waals surface area contributed by atoms with Gasteiger partial charge in [0, 0.05) is 23.1 Å². The molecule has 0 aliphatic carbocycles. The van der Waals surface area contributed by atoms with E-state index < -0.39 is 11.4 Å². The van der Waals surface area contributed by atoms with Gasteiger partial charge in [-0.05, 0) is 37.1 Å². The summed E-state index contributed by atoms with van der Waals surface area (Å²) < 4.78 is 14.6. The molecule has 110 valence electrons. The minimum atomic E-state index is -0.746. The minimum absolute atomic E-state index is 0.0670. The van der Waals surface area contributed by atoms with Gasteiger partial charge in [0.2, 0.25) is 0 Å². The predicted molar refractivity (Wildman–Crippen MR) is 78.9 cm³/mol. The zero-order chi connectivity index (χ0) is 14.9. The lowest BCUT2D eigenvalue weighted by Gasteiger charge is -2.29. The summed E-state index contributed by atoms with van der Waals surface area (Å²) in [5, 5.41) is 9.51. The number of benzene rings is 1. The first-order valence-electron chi connectivity index (χ1n) is 6.75. The molecule has 1 heterocycles. The van der Waals surface area contributed by atoms with Crippen LogP contribution in [0.1, 0.15) is 25.8 Å². The van der Waals surface area contributed by atoms with Gasteiger partial charge in [0.1, 0.15) is 5.82 Å². The maximum atomic E-state index is 13.8. The maximum Gasteiger partial charge on any atom is 0.311 e. The van der Waals surface area contributed by atoms with E-state index in [2.05, 4.69) is 15.9 Å². The molecule has 0 radical (unpaired) electrons. The molecule has 0 amide bonds. The van der Waals surface area contributed by atoms with E-state index in [-0.39, 0.29) is 11.7 Å². The number of carboxylic acid groups (broad SMARTS) is 1. The highest BCUT2D eigenvalue weighted by molar-refractivity contribution is 9.10. The van der Waals surface area contributed by atoms with Crippen molar-refractivity contribution in [2.75, 3.05) is 13.1 Å². The Balaban J connectivity index is 2.14. The van der Waals surface area contributed by atoms with E-state index in [1.807, 2.05) is 18.7 Å². The van der Waals surface area contributed by atoms with E-state index >= 15 is 0 Å². The van der Waals surface area contributed by atoms with Crippen LogP contribution in [-0.2, 0) is 11.3 Å². The molecule has 1 atom stereocenters. The van der Waals surface area contributed by atoms with Gasteiger partial charge >= 0.3 is 5.97 Å². The summed E-state index contributed by atoms with van der Waals surface area (Å²) in [6.07, 6.45) is 0.621. The van der Waals surface area contributed by atoms with Gasteiger partial charge in [-0.15, -0.1) is 0 Å². The molecule has 1 aromatic rings. The lowest BCUT2D eigenvalue weighted by molar-refractivity contribution is -0.151. The van der Waals surface area contributed by atoms with Gasteiger partial charge in [-0.3, -0.25) is 9.69 Å². The fourth-order valence-corrected chi connectivity index (χ4v) is 3.26. The van der Waals surface area contributed by atoms with Crippen LogP contribution in [0.15, 0.2) is 22.7 Å². The number of hydrogen-bond donors (Lipinski definition) is 1. The number of rotatable bonds is 4. The number of likely N-dealkylation sites (tertiary alicyclic amines) is 1. The highest BCUT2D eigenvalue weighted by atomic mass is 79.9. The Morgan fingerprint density at radius 3 is 2.80 bits per heavy atom. The number of carboxylic acids is 1. The first kappa shape index (κ1) is 15.4. The molecule has 0 spiro atoms. The molecular formula is C15H19BrFNO2. The van der Waals surface area contributed by atoms with Gasteiger partial charge in [-0.25, -0.2) is 4.39 Å². The quantitative estimate of drug-likeness (QED) is 0.909. The number of aliphatic carboxylic acids is 1. The molecule has 0 aromatic heterocycles. The molecule has 0 bridgehead atoms. The molecule has 1 N–H and O–H groups in total. The van der Waals surface area contributed by atoms with Gasteiger partial charge in [-0.1, -0.05) is 29.8 Å². The monoisotopic (exact) mass is 343 g/mol. The molecule has 0 saturated carbocycles. The van der Waals surface area contributed by atoms with Crippen molar-refractivity contribution in [3.63, 3.8) is 0 Å². The summed E-state index contributed by atoms with van der Waals surface area (Å²) in [6.45, 7) is 5.50. The SMILES string of the molecule is CC(C)C1(C(=O)O)CCN(Cc2cc(Br)ccc2F)C1. The van der Waals surface area contributed by atoms with E-state index in [0.29, 0.717) is 31.6 Å². The number of nitrogens with zero attached hydrogens (tertiary/aromatic N) is 1. The molecule has 3 nitrogen and oxygen atoms in total. The van der Waals surface area contributed by atoms with Crippen molar-refractivity contribution < 1.29 is 14.3 Å². The fourth-order valence-electron chi connectivity index (χ4n) is 2.85. The third kappa shape index (κ3) is 2.88. The molecule has 1 fully saturated rings. The molecule has 5 heteroatoms. The van der Waals surface area contributed by atoms with Crippen LogP contribution in [0.4, 0.5) is 4.39 Å². The normalized spacial score (nSPS) is 23.4. The lowest BCUT2D eigenvalue weighted by atomic mass is 9.76. The predicted octanol–water partition coefficient (Wildman–Crippen LogP) is 3.52. The largest absolute Gasteiger partial charge is 0.481 e. The summed E-state index contributed by atoms with van der Waals surface area (Å²) in [5.41, 5.74) is -0.105. The van der Waals surface area contributed by atoms with Gasteiger partial charge in [0.05, 0.1) is 5.41 Å². The topological polar surface area (TPSA) is 40.5 Å². The van der Waals surface area contributed by atoms with Crippen molar-refractivity contribution in [2.45, 2.75) is 26.8 Å². The second-order valence-corrected chi connectivity index (χ2v) is 6.73. The van der Waals surface area contributed by atoms with Crippen LogP contribution in [0.25, 0.3) is 0 Å². The second-order valence-electron chi connectivity index (χ2n) is 5.81. The van der Waals surface area contributed by atoms with Crippen LogP contribution in [0.2, 0.25) is 0 Å². The zero-order valence-electron chi connectivity index (χ0n) is 11.7. The third-order valence-electron chi connectivity index (χ3n) is 4.31. The van der Waals surface area contributed by atoms with Gasteiger partial charge < -0.3 is 5.11 Å². The average Bonchev–Trinajstić information content (AvgIpc) is 2.79. The van der Waals surface area contributed by atoms with Crippen LogP contribution in [0, 0.1) is 17.2 Å². The number of halogens is 2. The minimum Gasteiger partial charge on any atom is -0.481 e. The standard InChI is InChI=1S/C15H19BrFNO2/c1-10(2)15(14(19)20)5-6-18(9-15)8-11-7-12(16)3-4-13(11)17/h3-4,7,10H,5-6,8-9H2,1-2H3,(H,19,20). The van der Waals surface area contributed by atoms with Crippen molar-refractivity contribution in [2.24, 2.45) is 11.3 Å². The highest BCUT2D eigenvalue weighted by Crippen LogP contribution is 2.38. The van der Waals surface area contributed by atoms with Crippen LogP contribution >= 0.6 is 15.9 Å². The molecule has 1 aliphatic heterocycles. The Morgan fingerprint density at radius 1 is 1.55 bits per heavy atom. The Morgan fingerprint density at radius 2 is 2.25 bits per heavy atom. The van der Waals surface area contributed by atoms with E-state index in [0.717, 1.165) is 4.47 Å². The van der Waals surface area contributed by atoms with Crippen LogP contribution < -0.4 is 0 Å². The van der Waals surface area contributed by atoms with E-state index in [1.54, 1.807) is 12.1 Å². The average molecular weight is 344 g/mol. The summed E-state index contributed by atoms with van der Waals surface area (Å²) in [7, 11) is 0. The van der Waals surface area contributed by atoms with Gasteiger partial charge in [0.25, 0.3) is 0 Å². The summed E-state index contributed by atoms with van der Waals surface area (Å²) in [4.78, 5) is 13.6. The third-order valence-corrected chi connectivity index (χ3v) is 4.81. The Kier molecular flexibility index (Phi) is 4.49. The number of carbonyl (C=O) groups is 1. The van der Waals surface area contributed by atoms with Crippen molar-refractivity contribution >= 4 is 21.9 Å². The van der Waals surface area contributed by atoms with Crippen molar-refractivity contribution in [1.29, 1.82) is 0 Å². The molecule has 1 saturated heterocycles. The molecule has 20 heavy (non-hydrogen) atoms. The Hall–Kier alpha value is -0.940. The van der Waals surface area contributed by atoms with Crippen molar-refractivity contribution in [3.05, 3.63) is 34.1 Å². The Bertz CT molecular complexity index is 521. The Labute approximate surface area is 126 Å². The maximum absolute atomic E-state index is 13.8. The molecule has 1 aromatic carbocycles. The summed E-state index contributed by atoms with van der Waals surface area (Å²) >= 11 is 3.34. The van der Waals surface area contributed by atoms with Gasteiger partial charge in [-0.2, -0.15) is 0 Å². The molecule has 1 unspecified atom stereocenters. The van der Waals surface area contributed by atoms with Crippen molar-refractivity contribution in [1.82, 2.24) is 4.90 Å². The summed E-state index contributed by atoms with van der Waals surface area (Å²) in [5.74, 6) is -0.923. The van der Waals surface area contributed by atoms with E-state index in [9.17, 15) is 14.3 Å². The highest BCUT2D eigenvalue weighted by Gasteiger charge is 2.47. The lowest BCUT2D eigenvalue weighted by Crippen LogP contribution is -2.39. The second kappa shape index (κ2) is 5.82. The molecular weight excluding hydrogens is 325 g/mol. The van der Waals surface area contributed by atoms with Crippen molar-refractivity contribution in [3.8, 4) is 0 Å². The van der Waals surface area contributed by atoms with Crippen LogP contribution in [0.3, 0.4) is 0 Å². The van der Waals surface area contributed by atoms with E-state index in [1.165, 1.54) is 6.07 Å². The molecule has 2 rings (SSSR count). The summed E-state index contributed by atoms with van der Waals surface area (Å²) in [6, 6.07) is 4.85. The molecule has 1 aliphatic rings. The smallest absolute Gasteiger partial charge is 0.311 e. The number of hydrogen-bond acceptors (Lipinski definition) is 2. The fraction of sp³-hybridized carbons (Fsp3) is 0.533. The first-order valence-corrected chi connectivity index (χ1v) is 7.54. The van der Waals surface area contributed by atoms with Crippen LogP contribution in [-0.4, -0.2) is 29.1 Å². The first-order chi connectivity index (χ1) is 9.35.